The van der Waals surface area contributed by atoms with Crippen molar-refractivity contribution in [1.29, 1.82) is 0 Å². The second-order valence-electron chi connectivity index (χ2n) is 4.93. The molecule has 1 heterocycles. The van der Waals surface area contributed by atoms with Gasteiger partial charge >= 0.3 is 0 Å². The van der Waals surface area contributed by atoms with Crippen LogP contribution >= 0.6 is 34.8 Å². The number of rotatable bonds is 5. The summed E-state index contributed by atoms with van der Waals surface area (Å²) in [7, 11) is 0. The molecule has 0 N–H and O–H groups in total. The van der Waals surface area contributed by atoms with Crippen LogP contribution in [0.4, 0.5) is 0 Å². The van der Waals surface area contributed by atoms with Gasteiger partial charge in [0, 0.05) is 28.0 Å². The van der Waals surface area contributed by atoms with Crippen LogP contribution in [-0.2, 0) is 0 Å². The fourth-order valence-corrected chi connectivity index (χ4v) is 2.83. The summed E-state index contributed by atoms with van der Waals surface area (Å²) in [5.74, 6) is 0.134. The molecule has 1 atom stereocenters. The zero-order chi connectivity index (χ0) is 17.1. The standard InChI is InChI=1S/C17H11Cl3N2O2/c18-11-2-1-3-13(8-11)24-17(22-7-6-21-10-22)16(23)14-5-4-12(19)9-15(14)20/h1-10,17H/t17-/m1/s1. The van der Waals surface area contributed by atoms with Crippen LogP contribution in [0.5, 0.6) is 5.75 Å². The molecular formula is C17H11Cl3N2O2. The monoisotopic (exact) mass is 380 g/mol. The minimum absolute atomic E-state index is 0.257. The van der Waals surface area contributed by atoms with Crippen molar-refractivity contribution in [2.45, 2.75) is 6.23 Å². The molecule has 3 rings (SSSR count). The number of imidazole rings is 1. The van der Waals surface area contributed by atoms with Crippen molar-refractivity contribution >= 4 is 40.6 Å². The first kappa shape index (κ1) is 16.8. The van der Waals surface area contributed by atoms with Crippen molar-refractivity contribution in [1.82, 2.24) is 9.55 Å². The third-order valence-corrected chi connectivity index (χ3v) is 4.04. The van der Waals surface area contributed by atoms with E-state index in [9.17, 15) is 4.79 Å². The van der Waals surface area contributed by atoms with Gasteiger partial charge in [0.05, 0.1) is 11.3 Å². The third-order valence-electron chi connectivity index (χ3n) is 3.26. The highest BCUT2D eigenvalue weighted by atomic mass is 35.5. The van der Waals surface area contributed by atoms with Gasteiger partial charge in [0.2, 0.25) is 12.0 Å². The quantitative estimate of drug-likeness (QED) is 0.563. The first-order valence-electron chi connectivity index (χ1n) is 6.93. The van der Waals surface area contributed by atoms with E-state index in [0.717, 1.165) is 0 Å². The Morgan fingerprint density at radius 3 is 2.54 bits per heavy atom. The molecule has 0 aliphatic rings. The molecule has 1 aromatic heterocycles. The highest BCUT2D eigenvalue weighted by Gasteiger charge is 2.25. The van der Waals surface area contributed by atoms with E-state index in [1.165, 1.54) is 12.4 Å². The molecule has 0 fully saturated rings. The van der Waals surface area contributed by atoms with E-state index in [4.69, 9.17) is 39.5 Å². The summed E-state index contributed by atoms with van der Waals surface area (Å²) in [6.45, 7) is 0. The number of benzene rings is 2. The Morgan fingerprint density at radius 1 is 1.08 bits per heavy atom. The maximum absolute atomic E-state index is 12.9. The van der Waals surface area contributed by atoms with E-state index in [-0.39, 0.29) is 10.8 Å². The molecule has 7 heteroatoms. The van der Waals surface area contributed by atoms with Gasteiger partial charge in [-0.05, 0) is 36.4 Å². The summed E-state index contributed by atoms with van der Waals surface area (Å²) in [6.07, 6.45) is 3.73. The van der Waals surface area contributed by atoms with Crippen LogP contribution in [-0.4, -0.2) is 15.3 Å². The highest BCUT2D eigenvalue weighted by molar-refractivity contribution is 6.37. The van der Waals surface area contributed by atoms with E-state index in [2.05, 4.69) is 4.98 Å². The Balaban J connectivity index is 1.97. The molecule has 0 saturated carbocycles. The van der Waals surface area contributed by atoms with Gasteiger partial charge in [0.15, 0.2) is 0 Å². The number of nitrogens with zero attached hydrogens (tertiary/aromatic N) is 2. The smallest absolute Gasteiger partial charge is 0.241 e. The maximum Gasteiger partial charge on any atom is 0.241 e. The number of hydrogen-bond acceptors (Lipinski definition) is 3. The van der Waals surface area contributed by atoms with Gasteiger partial charge in [0.25, 0.3) is 0 Å². The van der Waals surface area contributed by atoms with Crippen LogP contribution in [0.3, 0.4) is 0 Å². The van der Waals surface area contributed by atoms with Gasteiger partial charge < -0.3 is 4.74 Å². The second kappa shape index (κ2) is 7.26. The fourth-order valence-electron chi connectivity index (χ4n) is 2.15. The number of carbonyl (C=O) groups is 1. The number of hydrogen-bond donors (Lipinski definition) is 0. The van der Waals surface area contributed by atoms with Gasteiger partial charge in [-0.1, -0.05) is 40.9 Å². The molecule has 0 spiro atoms. The lowest BCUT2D eigenvalue weighted by Crippen LogP contribution is -2.24. The molecule has 3 aromatic rings. The number of ketones is 1. The number of aromatic nitrogens is 2. The lowest BCUT2D eigenvalue weighted by Gasteiger charge is -2.20. The molecule has 4 nitrogen and oxygen atoms in total. The minimum Gasteiger partial charge on any atom is -0.462 e. The summed E-state index contributed by atoms with van der Waals surface area (Å²) in [6, 6.07) is 11.5. The molecule has 0 bridgehead atoms. The summed E-state index contributed by atoms with van der Waals surface area (Å²) >= 11 is 18.0. The molecule has 0 aliphatic carbocycles. The van der Waals surface area contributed by atoms with Gasteiger partial charge in [-0.3, -0.25) is 9.36 Å². The van der Waals surface area contributed by atoms with Crippen LogP contribution in [0, 0.1) is 0 Å². The zero-order valence-electron chi connectivity index (χ0n) is 12.2. The first-order valence-corrected chi connectivity index (χ1v) is 8.07. The summed E-state index contributed by atoms with van der Waals surface area (Å²) in [5, 5.41) is 1.22. The van der Waals surface area contributed by atoms with E-state index >= 15 is 0 Å². The van der Waals surface area contributed by atoms with Gasteiger partial charge in [-0.2, -0.15) is 0 Å². The van der Waals surface area contributed by atoms with E-state index in [1.807, 2.05) is 0 Å². The number of ether oxygens (including phenoxy) is 1. The SMILES string of the molecule is O=C(c1ccc(Cl)cc1Cl)[C@@H](Oc1cccc(Cl)c1)n1ccnc1. The van der Waals surface area contributed by atoms with Crippen molar-refractivity contribution in [2.75, 3.05) is 0 Å². The van der Waals surface area contributed by atoms with Crippen molar-refractivity contribution < 1.29 is 9.53 Å². The normalized spacial score (nSPS) is 12.0. The highest BCUT2D eigenvalue weighted by Crippen LogP contribution is 2.28. The second-order valence-corrected chi connectivity index (χ2v) is 6.21. The topological polar surface area (TPSA) is 44.1 Å². The summed E-state index contributed by atoms with van der Waals surface area (Å²) in [5.41, 5.74) is 0.307. The molecular weight excluding hydrogens is 371 g/mol. The zero-order valence-corrected chi connectivity index (χ0v) is 14.5. The van der Waals surface area contributed by atoms with Crippen molar-refractivity contribution in [2.24, 2.45) is 0 Å². The average molecular weight is 382 g/mol. The van der Waals surface area contributed by atoms with E-state index in [1.54, 1.807) is 53.4 Å². The Hall–Kier alpha value is -2.01. The van der Waals surface area contributed by atoms with Crippen LogP contribution in [0.1, 0.15) is 16.6 Å². The lowest BCUT2D eigenvalue weighted by atomic mass is 10.1. The predicted molar refractivity (Wildman–Crippen MR) is 94.1 cm³/mol. The average Bonchev–Trinajstić information content (AvgIpc) is 3.06. The third kappa shape index (κ3) is 3.73. The van der Waals surface area contributed by atoms with Crippen molar-refractivity contribution in [3.8, 4) is 5.75 Å². The Bertz CT molecular complexity index is 866. The molecule has 0 saturated heterocycles. The molecule has 0 amide bonds. The molecule has 122 valence electrons. The minimum atomic E-state index is -0.968. The largest absolute Gasteiger partial charge is 0.462 e. The van der Waals surface area contributed by atoms with E-state index < -0.39 is 6.23 Å². The van der Waals surface area contributed by atoms with Gasteiger partial charge in [-0.25, -0.2) is 4.98 Å². The number of halogens is 3. The summed E-state index contributed by atoms with van der Waals surface area (Å²) in [4.78, 5) is 16.9. The van der Waals surface area contributed by atoms with Crippen LogP contribution in [0.25, 0.3) is 0 Å². The summed E-state index contributed by atoms with van der Waals surface area (Å²) < 4.78 is 7.39. The first-order chi connectivity index (χ1) is 11.5. The van der Waals surface area contributed by atoms with Crippen molar-refractivity contribution in [3.05, 3.63) is 81.8 Å². The Kier molecular flexibility index (Phi) is 5.09. The molecule has 0 aliphatic heterocycles. The number of Topliss-reactive ketones (excluding diaryl/α,β-unsaturated/α-hetero) is 1. The molecule has 0 radical (unpaired) electrons. The van der Waals surface area contributed by atoms with Crippen LogP contribution in [0.15, 0.2) is 61.2 Å². The predicted octanol–water partition coefficient (Wildman–Crippen LogP) is 5.30. The van der Waals surface area contributed by atoms with Gasteiger partial charge in [-0.15, -0.1) is 0 Å². The Labute approximate surface area is 153 Å². The molecule has 2 aromatic carbocycles. The fraction of sp³-hybridized carbons (Fsp3) is 0.0588. The molecule has 24 heavy (non-hydrogen) atoms. The Morgan fingerprint density at radius 2 is 1.88 bits per heavy atom. The van der Waals surface area contributed by atoms with Crippen LogP contribution in [0.2, 0.25) is 15.1 Å². The molecule has 0 unspecified atom stereocenters. The van der Waals surface area contributed by atoms with Crippen molar-refractivity contribution in [3.63, 3.8) is 0 Å². The van der Waals surface area contributed by atoms with Gasteiger partial charge in [0.1, 0.15) is 5.75 Å². The lowest BCUT2D eigenvalue weighted by molar-refractivity contribution is 0.0653. The maximum atomic E-state index is 12.9. The van der Waals surface area contributed by atoms with E-state index in [0.29, 0.717) is 21.4 Å². The van der Waals surface area contributed by atoms with Crippen LogP contribution < -0.4 is 4.74 Å². The number of carbonyl (C=O) groups excluding carboxylic acids is 1.